The van der Waals surface area contributed by atoms with E-state index >= 15 is 0 Å². The van der Waals surface area contributed by atoms with Gasteiger partial charge in [0.1, 0.15) is 0 Å². The third kappa shape index (κ3) is 4.31. The second kappa shape index (κ2) is 10.6. The van der Waals surface area contributed by atoms with Crippen LogP contribution in [0.1, 0.15) is 42.2 Å². The van der Waals surface area contributed by atoms with Crippen LogP contribution < -0.4 is 0 Å². The molecule has 194 valence electrons. The maximum absolute atomic E-state index is 6.15. The Morgan fingerprint density at radius 2 is 1.18 bits per heavy atom. The summed E-state index contributed by atoms with van der Waals surface area (Å²) in [6.45, 7) is 7.58. The Morgan fingerprint density at radius 1 is 0.600 bits per heavy atom. The van der Waals surface area contributed by atoms with E-state index in [-0.39, 0.29) is 0 Å². The average molecular weight is 612 g/mol. The van der Waals surface area contributed by atoms with E-state index in [1.807, 2.05) is 12.3 Å². The van der Waals surface area contributed by atoms with Crippen molar-refractivity contribution in [3.63, 3.8) is 0 Å². The number of hydrogen-bond donors (Lipinski definition) is 0. The molecule has 5 aromatic rings. The molecule has 7 rings (SSSR count). The van der Waals surface area contributed by atoms with E-state index in [0.29, 0.717) is 7.25 Å². The zero-order chi connectivity index (χ0) is 27.2. The normalized spacial score (nSPS) is 17.2. The van der Waals surface area contributed by atoms with Crippen LogP contribution in [-0.2, 0) is 20.4 Å². The van der Waals surface area contributed by atoms with Gasteiger partial charge in [-0.25, -0.2) is 0 Å². The van der Waals surface area contributed by atoms with Gasteiger partial charge >= 0.3 is 247 Å². The van der Waals surface area contributed by atoms with Gasteiger partial charge in [-0.15, -0.1) is 0 Å². The molecule has 40 heavy (non-hydrogen) atoms. The van der Waals surface area contributed by atoms with Gasteiger partial charge in [-0.3, -0.25) is 0 Å². The molecule has 0 saturated carbocycles. The van der Waals surface area contributed by atoms with Crippen molar-refractivity contribution < 1.29 is 24.8 Å². The summed E-state index contributed by atoms with van der Waals surface area (Å²) in [4.78, 5) is 0. The molecule has 1 heterocycles. The molecule has 2 aliphatic rings. The Kier molecular flexibility index (Phi) is 6.82. The van der Waals surface area contributed by atoms with E-state index in [4.69, 9.17) is 4.42 Å². The molecule has 2 aliphatic carbocycles. The summed E-state index contributed by atoms with van der Waals surface area (Å²) < 4.78 is 7.19. The minimum atomic E-state index is -2.28. The zero-order valence-corrected chi connectivity index (χ0v) is 26.6. The summed E-state index contributed by atoms with van der Waals surface area (Å²) in [5, 5.41) is 0. The monoisotopic (exact) mass is 610 g/mol. The summed E-state index contributed by atoms with van der Waals surface area (Å²) in [5.41, 5.74) is 13.6. The molecule has 3 heteroatoms. The van der Waals surface area contributed by atoms with Crippen molar-refractivity contribution in [1.82, 2.24) is 0 Å². The summed E-state index contributed by atoms with van der Waals surface area (Å²) >= 11 is -2.28. The fraction of sp³-hybridized carbons (Fsp3) is 0.135. The second-order valence-electron chi connectivity index (χ2n) is 11.1. The topological polar surface area (TPSA) is 13.1 Å². The molecule has 0 fully saturated rings. The number of hydrogen-bond acceptors (Lipinski definition) is 1. The first-order valence-corrected chi connectivity index (χ1v) is 23.1. The van der Waals surface area contributed by atoms with E-state index in [0.717, 1.165) is 5.76 Å². The zero-order valence-electron chi connectivity index (χ0n) is 23.2. The first kappa shape index (κ1) is 25.7. The van der Waals surface area contributed by atoms with Crippen LogP contribution >= 0.6 is 0 Å². The standard InChI is InChI=1S/C19H13O.C16H13.C2H6Si.Zr/c1-2-6-14(7-3-1)17-9-4-8-15-12-16(13-18(15)17)19-10-5-11-20-19;1-12-10-14-8-5-9-15(16(14)11-12)13-6-3-2-4-7-13;1-3-2;/h1-13H;2-11H,1H3;1-2H3;. The Hall–Kier alpha value is -3.26. The Morgan fingerprint density at radius 3 is 1.73 bits per heavy atom. The van der Waals surface area contributed by atoms with Crippen LogP contribution in [0.4, 0.5) is 0 Å². The molecule has 2 atom stereocenters. The summed E-state index contributed by atoms with van der Waals surface area (Å²) in [6.07, 6.45) is 6.82. The number of fused-ring (bicyclic) bond motifs is 2. The Balaban J connectivity index is 1.43. The molecule has 0 N–H and O–H groups in total. The minimum absolute atomic E-state index is 0.468. The fourth-order valence-electron chi connectivity index (χ4n) is 6.84. The van der Waals surface area contributed by atoms with Gasteiger partial charge in [0.15, 0.2) is 0 Å². The quantitative estimate of drug-likeness (QED) is 0.180. The van der Waals surface area contributed by atoms with Gasteiger partial charge in [0.25, 0.3) is 0 Å². The van der Waals surface area contributed by atoms with Gasteiger partial charge in [0.2, 0.25) is 0 Å². The SMILES string of the molecule is CC1=Cc2c(-c3ccccc3)cccc2[CH]1[Zr]([CH]1C(c2ccco2)=Cc2c(-c3ccccc3)cccc21)=[Si](C)C. The molecule has 4 aromatic carbocycles. The third-order valence-electron chi connectivity index (χ3n) is 8.51. The van der Waals surface area contributed by atoms with Gasteiger partial charge in [0, 0.05) is 0 Å². The molecule has 0 radical (unpaired) electrons. The van der Waals surface area contributed by atoms with Crippen LogP contribution in [0.3, 0.4) is 0 Å². The van der Waals surface area contributed by atoms with Crippen LogP contribution in [0, 0.1) is 0 Å². The fourth-order valence-corrected chi connectivity index (χ4v) is 27.1. The van der Waals surface area contributed by atoms with Crippen LogP contribution in [0.2, 0.25) is 13.1 Å². The van der Waals surface area contributed by atoms with Crippen LogP contribution in [0.15, 0.2) is 125 Å². The molecular weight excluding hydrogens is 580 g/mol. The summed E-state index contributed by atoms with van der Waals surface area (Å²) in [5.74, 6) is 1.04. The van der Waals surface area contributed by atoms with Gasteiger partial charge in [-0.05, 0) is 0 Å². The van der Waals surface area contributed by atoms with Crippen molar-refractivity contribution >= 4 is 23.2 Å². The van der Waals surface area contributed by atoms with E-state index in [1.165, 1.54) is 44.5 Å². The van der Waals surface area contributed by atoms with Crippen molar-refractivity contribution in [3.05, 3.63) is 149 Å². The van der Waals surface area contributed by atoms with E-state index in [1.54, 1.807) is 11.1 Å². The van der Waals surface area contributed by atoms with Crippen molar-refractivity contribution in [2.45, 2.75) is 27.3 Å². The number of benzene rings is 4. The van der Waals surface area contributed by atoms with Crippen molar-refractivity contribution in [2.24, 2.45) is 0 Å². The van der Waals surface area contributed by atoms with Crippen LogP contribution in [0.5, 0.6) is 0 Å². The first-order chi connectivity index (χ1) is 19.6. The van der Waals surface area contributed by atoms with Crippen molar-refractivity contribution in [3.8, 4) is 22.3 Å². The molecular formula is C37H32OSiZr. The van der Waals surface area contributed by atoms with Crippen LogP contribution in [-0.4, -0.2) is 5.43 Å². The predicted molar refractivity (Wildman–Crippen MR) is 167 cm³/mol. The summed E-state index contributed by atoms with van der Waals surface area (Å²) in [6, 6.07) is 40.0. The summed E-state index contributed by atoms with van der Waals surface area (Å²) in [7, 11) is 0. The van der Waals surface area contributed by atoms with E-state index in [9.17, 15) is 0 Å². The van der Waals surface area contributed by atoms with E-state index < -0.39 is 25.8 Å². The average Bonchev–Trinajstić information content (AvgIpc) is 3.72. The second-order valence-corrected chi connectivity index (χ2v) is 29.0. The Bertz CT molecular complexity index is 1810. The first-order valence-electron chi connectivity index (χ1n) is 14.1. The molecule has 1 aromatic heterocycles. The maximum atomic E-state index is 6.15. The predicted octanol–water partition coefficient (Wildman–Crippen LogP) is 10.2. The molecule has 0 spiro atoms. The third-order valence-corrected chi connectivity index (χ3v) is 28.1. The molecule has 2 unspecified atom stereocenters. The van der Waals surface area contributed by atoms with Gasteiger partial charge in [-0.2, -0.15) is 0 Å². The van der Waals surface area contributed by atoms with Crippen molar-refractivity contribution in [1.29, 1.82) is 0 Å². The van der Waals surface area contributed by atoms with Gasteiger partial charge in [-0.1, -0.05) is 0 Å². The molecule has 1 nitrogen and oxygen atoms in total. The molecule has 0 amide bonds. The Labute approximate surface area is 245 Å². The number of allylic oxidation sites excluding steroid dienone is 2. The number of rotatable bonds is 5. The number of furan rings is 1. The van der Waals surface area contributed by atoms with Crippen LogP contribution in [0.25, 0.3) is 40.0 Å². The van der Waals surface area contributed by atoms with Gasteiger partial charge in [0.05, 0.1) is 0 Å². The molecule has 0 bridgehead atoms. The van der Waals surface area contributed by atoms with Gasteiger partial charge < -0.3 is 0 Å². The molecule has 0 aliphatic heterocycles. The van der Waals surface area contributed by atoms with Crippen molar-refractivity contribution in [2.75, 3.05) is 0 Å². The van der Waals surface area contributed by atoms with E-state index in [2.05, 4.69) is 135 Å². The molecule has 0 saturated heterocycles.